The molecule has 1 amide bonds. The molecule has 0 aromatic rings. The summed E-state index contributed by atoms with van der Waals surface area (Å²) in [5.74, 6) is -0.793. The first-order chi connectivity index (χ1) is 9.50. The number of piperidine rings is 1. The van der Waals surface area contributed by atoms with Crippen LogP contribution in [0.1, 0.15) is 39.0 Å². The molecule has 0 spiro atoms. The molecule has 0 aromatic heterocycles. The van der Waals surface area contributed by atoms with Crippen molar-refractivity contribution in [3.05, 3.63) is 0 Å². The summed E-state index contributed by atoms with van der Waals surface area (Å²) in [6.07, 6.45) is 4.36. The molecule has 2 atom stereocenters. The molecule has 1 heterocycles. The highest BCUT2D eigenvalue weighted by Crippen LogP contribution is 2.46. The van der Waals surface area contributed by atoms with E-state index in [1.54, 1.807) is 7.11 Å². The van der Waals surface area contributed by atoms with Crippen LogP contribution in [0.3, 0.4) is 0 Å². The van der Waals surface area contributed by atoms with E-state index in [4.69, 9.17) is 9.84 Å². The van der Waals surface area contributed by atoms with Crippen molar-refractivity contribution in [2.24, 2.45) is 17.3 Å². The predicted molar refractivity (Wildman–Crippen MR) is 74.3 cm³/mol. The number of nitrogens with zero attached hydrogens (tertiary/aromatic N) is 1. The van der Waals surface area contributed by atoms with Gasteiger partial charge in [0.15, 0.2) is 0 Å². The second kappa shape index (κ2) is 6.12. The quantitative estimate of drug-likeness (QED) is 0.835. The maximum absolute atomic E-state index is 12.8. The minimum absolute atomic E-state index is 0.0322. The van der Waals surface area contributed by atoms with Crippen LogP contribution in [0.15, 0.2) is 0 Å². The van der Waals surface area contributed by atoms with Crippen molar-refractivity contribution in [3.8, 4) is 0 Å². The molecule has 114 valence electrons. The molecule has 5 nitrogen and oxygen atoms in total. The predicted octanol–water partition coefficient (Wildman–Crippen LogP) is 1.76. The average molecular weight is 283 g/mol. The Hall–Kier alpha value is -1.10. The topological polar surface area (TPSA) is 66.8 Å². The largest absolute Gasteiger partial charge is 0.481 e. The van der Waals surface area contributed by atoms with Gasteiger partial charge in [-0.25, -0.2) is 0 Å². The Bertz CT molecular complexity index is 378. The lowest BCUT2D eigenvalue weighted by molar-refractivity contribution is -0.156. The van der Waals surface area contributed by atoms with Gasteiger partial charge in [0.25, 0.3) is 0 Å². The standard InChI is InChI=1S/C15H25NO4/c1-11-10-16(8-4-12(11)13(17)18)14(19)15(5-3-6-15)7-9-20-2/h11-12H,3-10H2,1-2H3,(H,17,18). The second-order valence-electron chi connectivity index (χ2n) is 6.34. The summed E-state index contributed by atoms with van der Waals surface area (Å²) in [4.78, 5) is 25.8. The summed E-state index contributed by atoms with van der Waals surface area (Å²) in [6.45, 7) is 3.70. The molecule has 1 aliphatic carbocycles. The van der Waals surface area contributed by atoms with E-state index in [2.05, 4.69) is 0 Å². The molecule has 1 N–H and O–H groups in total. The summed E-state index contributed by atoms with van der Waals surface area (Å²) in [6, 6.07) is 0. The van der Waals surface area contributed by atoms with Crippen LogP contribution in [0.5, 0.6) is 0 Å². The number of hydrogen-bond donors (Lipinski definition) is 1. The molecule has 2 fully saturated rings. The number of aliphatic carboxylic acids is 1. The Labute approximate surface area is 120 Å². The number of carbonyl (C=O) groups excluding carboxylic acids is 1. The lowest BCUT2D eigenvalue weighted by atomic mass is 9.65. The van der Waals surface area contributed by atoms with Crippen LogP contribution >= 0.6 is 0 Å². The summed E-state index contributed by atoms with van der Waals surface area (Å²) in [5.41, 5.74) is -0.230. The van der Waals surface area contributed by atoms with E-state index in [1.165, 1.54) is 0 Å². The van der Waals surface area contributed by atoms with Crippen LogP contribution in [0.2, 0.25) is 0 Å². The first kappa shape index (κ1) is 15.3. The normalized spacial score (nSPS) is 28.8. The minimum atomic E-state index is -0.734. The van der Waals surface area contributed by atoms with Gasteiger partial charge >= 0.3 is 5.97 Å². The monoisotopic (exact) mass is 283 g/mol. The SMILES string of the molecule is COCCC1(C(=O)N2CCC(C(=O)O)C(C)C2)CCC1. The maximum atomic E-state index is 12.8. The van der Waals surface area contributed by atoms with Gasteiger partial charge in [0.1, 0.15) is 0 Å². The Morgan fingerprint density at radius 1 is 1.40 bits per heavy atom. The second-order valence-corrected chi connectivity index (χ2v) is 6.34. The van der Waals surface area contributed by atoms with Crippen molar-refractivity contribution in [3.63, 3.8) is 0 Å². The first-order valence-corrected chi connectivity index (χ1v) is 7.51. The number of amides is 1. The molecule has 2 aliphatic rings. The average Bonchev–Trinajstić information content (AvgIpc) is 2.36. The first-order valence-electron chi connectivity index (χ1n) is 7.51. The van der Waals surface area contributed by atoms with Gasteiger partial charge in [-0.15, -0.1) is 0 Å². The van der Waals surface area contributed by atoms with E-state index in [0.717, 1.165) is 25.7 Å². The molecule has 20 heavy (non-hydrogen) atoms. The fraction of sp³-hybridized carbons (Fsp3) is 0.867. The number of carbonyl (C=O) groups is 2. The molecule has 1 saturated heterocycles. The Kier molecular flexibility index (Phi) is 4.68. The van der Waals surface area contributed by atoms with Crippen molar-refractivity contribution in [2.45, 2.75) is 39.0 Å². The fourth-order valence-electron chi connectivity index (χ4n) is 3.50. The highest BCUT2D eigenvalue weighted by atomic mass is 16.5. The third-order valence-electron chi connectivity index (χ3n) is 5.06. The summed E-state index contributed by atoms with van der Waals surface area (Å²) >= 11 is 0. The maximum Gasteiger partial charge on any atom is 0.306 e. The van der Waals surface area contributed by atoms with Crippen molar-refractivity contribution in [1.82, 2.24) is 4.90 Å². The van der Waals surface area contributed by atoms with Crippen LogP contribution in [-0.4, -0.2) is 48.7 Å². The smallest absolute Gasteiger partial charge is 0.306 e. The van der Waals surface area contributed by atoms with Crippen LogP contribution < -0.4 is 0 Å². The van der Waals surface area contributed by atoms with Crippen molar-refractivity contribution in [1.29, 1.82) is 0 Å². The van der Waals surface area contributed by atoms with Gasteiger partial charge in [-0.1, -0.05) is 13.3 Å². The van der Waals surface area contributed by atoms with E-state index in [0.29, 0.717) is 26.1 Å². The molecular weight excluding hydrogens is 258 g/mol. The van der Waals surface area contributed by atoms with E-state index < -0.39 is 5.97 Å². The van der Waals surface area contributed by atoms with Gasteiger partial charge in [-0.3, -0.25) is 9.59 Å². The van der Waals surface area contributed by atoms with Crippen LogP contribution in [-0.2, 0) is 14.3 Å². The summed E-state index contributed by atoms with van der Waals surface area (Å²) in [5, 5.41) is 9.15. The van der Waals surface area contributed by atoms with Crippen molar-refractivity contribution >= 4 is 11.9 Å². The Balaban J connectivity index is 1.98. The number of methoxy groups -OCH3 is 1. The third kappa shape index (κ3) is 2.82. The highest BCUT2D eigenvalue weighted by Gasteiger charge is 2.47. The van der Waals surface area contributed by atoms with Crippen LogP contribution in [0, 0.1) is 17.3 Å². The highest BCUT2D eigenvalue weighted by molar-refractivity contribution is 5.84. The van der Waals surface area contributed by atoms with Gasteiger partial charge in [0.05, 0.1) is 11.3 Å². The number of carboxylic acids is 1. The Morgan fingerprint density at radius 3 is 2.55 bits per heavy atom. The zero-order valence-corrected chi connectivity index (χ0v) is 12.4. The molecule has 2 rings (SSSR count). The van der Waals surface area contributed by atoms with Gasteiger partial charge in [0, 0.05) is 26.8 Å². The molecular formula is C15H25NO4. The molecule has 2 unspecified atom stereocenters. The van der Waals surface area contributed by atoms with Crippen LogP contribution in [0.4, 0.5) is 0 Å². The number of hydrogen-bond acceptors (Lipinski definition) is 3. The van der Waals surface area contributed by atoms with Crippen molar-refractivity contribution < 1.29 is 19.4 Å². The number of rotatable bonds is 5. The lowest BCUT2D eigenvalue weighted by Gasteiger charge is -2.46. The zero-order chi connectivity index (χ0) is 14.8. The van der Waals surface area contributed by atoms with Gasteiger partial charge in [0.2, 0.25) is 5.91 Å². The van der Waals surface area contributed by atoms with E-state index in [9.17, 15) is 9.59 Å². The van der Waals surface area contributed by atoms with E-state index >= 15 is 0 Å². The summed E-state index contributed by atoms with van der Waals surface area (Å²) < 4.78 is 5.13. The number of likely N-dealkylation sites (tertiary alicyclic amines) is 1. The Morgan fingerprint density at radius 2 is 2.10 bits per heavy atom. The van der Waals surface area contributed by atoms with Gasteiger partial charge < -0.3 is 14.7 Å². The zero-order valence-electron chi connectivity index (χ0n) is 12.4. The molecule has 0 aromatic carbocycles. The third-order valence-corrected chi connectivity index (χ3v) is 5.06. The van der Waals surface area contributed by atoms with E-state index in [1.807, 2.05) is 11.8 Å². The summed E-state index contributed by atoms with van der Waals surface area (Å²) in [7, 11) is 1.66. The molecule has 0 bridgehead atoms. The molecule has 0 radical (unpaired) electrons. The molecule has 1 aliphatic heterocycles. The van der Waals surface area contributed by atoms with Crippen molar-refractivity contribution in [2.75, 3.05) is 26.8 Å². The lowest BCUT2D eigenvalue weighted by Crippen LogP contribution is -2.53. The number of carboxylic acid groups (broad SMARTS) is 1. The van der Waals surface area contributed by atoms with Crippen LogP contribution in [0.25, 0.3) is 0 Å². The fourth-order valence-corrected chi connectivity index (χ4v) is 3.50. The van der Waals surface area contributed by atoms with E-state index in [-0.39, 0.29) is 23.2 Å². The van der Waals surface area contributed by atoms with Gasteiger partial charge in [-0.2, -0.15) is 0 Å². The molecule has 1 saturated carbocycles. The minimum Gasteiger partial charge on any atom is -0.481 e. The molecule has 5 heteroatoms. The van der Waals surface area contributed by atoms with Gasteiger partial charge in [-0.05, 0) is 31.6 Å². The number of ether oxygens (including phenoxy) is 1.